The van der Waals surface area contributed by atoms with Crippen molar-refractivity contribution in [3.63, 3.8) is 0 Å². The van der Waals surface area contributed by atoms with Crippen LogP contribution in [0.4, 0.5) is 0 Å². The first-order valence-corrected chi connectivity index (χ1v) is 9.77. The molecule has 1 saturated heterocycles. The number of piperidine rings is 1. The first-order valence-electron chi connectivity index (χ1n) is 9.39. The number of amides is 1. The highest BCUT2D eigenvalue weighted by molar-refractivity contribution is 6.31. The van der Waals surface area contributed by atoms with E-state index in [0.717, 1.165) is 28.8 Å². The quantitative estimate of drug-likeness (QED) is 0.682. The van der Waals surface area contributed by atoms with Gasteiger partial charge in [-0.3, -0.25) is 4.79 Å². The minimum Gasteiger partial charge on any atom is -0.496 e. The van der Waals surface area contributed by atoms with Crippen LogP contribution in [0, 0.1) is 0 Å². The Hall–Kier alpha value is -2.66. The molecule has 0 atom stereocenters. The van der Waals surface area contributed by atoms with Crippen LogP contribution in [0.3, 0.4) is 0 Å². The average Bonchev–Trinajstić information content (AvgIpc) is 3.15. The van der Waals surface area contributed by atoms with E-state index in [1.54, 1.807) is 26.4 Å². The maximum atomic E-state index is 13.1. The fourth-order valence-corrected chi connectivity index (χ4v) is 4.14. The van der Waals surface area contributed by atoms with E-state index >= 15 is 0 Å². The highest BCUT2D eigenvalue weighted by atomic mass is 35.5. The molecule has 28 heavy (non-hydrogen) atoms. The molecule has 2 heterocycles. The van der Waals surface area contributed by atoms with Gasteiger partial charge in [0.15, 0.2) is 0 Å². The molecule has 4 rings (SSSR count). The van der Waals surface area contributed by atoms with Crippen LogP contribution in [-0.4, -0.2) is 43.1 Å². The second-order valence-corrected chi connectivity index (χ2v) is 7.50. The van der Waals surface area contributed by atoms with E-state index in [9.17, 15) is 4.79 Å². The molecule has 1 fully saturated rings. The Bertz CT molecular complexity index is 984. The molecule has 1 N–H and O–H groups in total. The van der Waals surface area contributed by atoms with Crippen LogP contribution >= 0.6 is 11.6 Å². The van der Waals surface area contributed by atoms with E-state index < -0.39 is 0 Å². The van der Waals surface area contributed by atoms with Gasteiger partial charge in [-0.15, -0.1) is 0 Å². The van der Waals surface area contributed by atoms with E-state index in [1.165, 1.54) is 5.69 Å². The van der Waals surface area contributed by atoms with Crippen LogP contribution in [0.25, 0.3) is 10.9 Å². The van der Waals surface area contributed by atoms with Gasteiger partial charge in [0.1, 0.15) is 17.1 Å². The summed E-state index contributed by atoms with van der Waals surface area (Å²) in [7, 11) is 3.14. The van der Waals surface area contributed by atoms with E-state index in [1.807, 2.05) is 29.2 Å². The smallest absolute Gasteiger partial charge is 0.261 e. The van der Waals surface area contributed by atoms with Crippen molar-refractivity contribution in [3.8, 4) is 11.5 Å². The summed E-state index contributed by atoms with van der Waals surface area (Å²) in [6, 6.07) is 13.5. The number of aromatic nitrogens is 1. The van der Waals surface area contributed by atoms with Gasteiger partial charge < -0.3 is 19.4 Å². The molecule has 0 saturated carbocycles. The summed E-state index contributed by atoms with van der Waals surface area (Å²) in [4.78, 5) is 18.5. The SMILES string of the molecule is COc1cccc(OC)c1C(=O)N1CCC(c2cc3cc(Cl)ccc3[nH]2)CC1. The number of rotatable bonds is 4. The summed E-state index contributed by atoms with van der Waals surface area (Å²) in [5, 5.41) is 1.86. The maximum Gasteiger partial charge on any atom is 0.261 e. The average molecular weight is 399 g/mol. The largest absolute Gasteiger partial charge is 0.496 e. The highest BCUT2D eigenvalue weighted by Crippen LogP contribution is 2.34. The third kappa shape index (κ3) is 3.42. The van der Waals surface area contributed by atoms with Gasteiger partial charge in [0.05, 0.1) is 14.2 Å². The predicted octanol–water partition coefficient (Wildman–Crippen LogP) is 4.86. The molecule has 1 amide bonds. The first-order chi connectivity index (χ1) is 13.6. The van der Waals surface area contributed by atoms with Crippen molar-refractivity contribution in [1.29, 1.82) is 0 Å². The third-order valence-electron chi connectivity index (χ3n) is 5.47. The number of hydrogen-bond acceptors (Lipinski definition) is 3. The molecule has 2 aromatic carbocycles. The molecule has 0 unspecified atom stereocenters. The summed E-state index contributed by atoms with van der Waals surface area (Å²) < 4.78 is 10.8. The van der Waals surface area contributed by atoms with E-state index in [2.05, 4.69) is 11.1 Å². The van der Waals surface area contributed by atoms with Crippen LogP contribution in [0.5, 0.6) is 11.5 Å². The molecular formula is C22H23ClN2O3. The zero-order chi connectivity index (χ0) is 19.7. The minimum atomic E-state index is -0.0452. The van der Waals surface area contributed by atoms with E-state index in [0.29, 0.717) is 36.1 Å². The minimum absolute atomic E-state index is 0.0452. The van der Waals surface area contributed by atoms with Gasteiger partial charge in [-0.05, 0) is 49.2 Å². The number of fused-ring (bicyclic) bond motifs is 1. The standard InChI is InChI=1S/C22H23ClN2O3/c1-27-19-4-3-5-20(28-2)21(19)22(26)25-10-8-14(9-11-25)18-13-15-12-16(23)6-7-17(15)24-18/h3-7,12-14,24H,8-11H2,1-2H3. The maximum absolute atomic E-state index is 13.1. The summed E-state index contributed by atoms with van der Waals surface area (Å²) in [5.41, 5.74) is 2.79. The Morgan fingerprint density at radius 2 is 1.75 bits per heavy atom. The summed E-state index contributed by atoms with van der Waals surface area (Å²) in [5.74, 6) is 1.43. The lowest BCUT2D eigenvalue weighted by Crippen LogP contribution is -2.38. The number of nitrogens with one attached hydrogen (secondary N) is 1. The molecule has 0 radical (unpaired) electrons. The van der Waals surface area contributed by atoms with Crippen molar-refractivity contribution in [2.45, 2.75) is 18.8 Å². The van der Waals surface area contributed by atoms with Crippen LogP contribution in [0.1, 0.15) is 34.8 Å². The van der Waals surface area contributed by atoms with Gasteiger partial charge in [0, 0.05) is 40.6 Å². The molecule has 0 bridgehead atoms. The van der Waals surface area contributed by atoms with Crippen molar-refractivity contribution < 1.29 is 14.3 Å². The second kappa shape index (κ2) is 7.76. The van der Waals surface area contributed by atoms with E-state index in [-0.39, 0.29) is 5.91 Å². The Labute approximate surface area is 169 Å². The number of hydrogen-bond donors (Lipinski definition) is 1. The van der Waals surface area contributed by atoms with Gasteiger partial charge in [-0.2, -0.15) is 0 Å². The lowest BCUT2D eigenvalue weighted by molar-refractivity contribution is 0.0705. The number of ether oxygens (including phenoxy) is 2. The van der Waals surface area contributed by atoms with Gasteiger partial charge in [0.2, 0.25) is 0 Å². The monoisotopic (exact) mass is 398 g/mol. The number of methoxy groups -OCH3 is 2. The van der Waals surface area contributed by atoms with Crippen molar-refractivity contribution in [1.82, 2.24) is 9.88 Å². The zero-order valence-electron chi connectivity index (χ0n) is 16.0. The number of halogens is 1. The fraction of sp³-hybridized carbons (Fsp3) is 0.318. The van der Waals surface area contributed by atoms with Gasteiger partial charge in [-0.1, -0.05) is 17.7 Å². The predicted molar refractivity (Wildman–Crippen MR) is 111 cm³/mol. The van der Waals surface area contributed by atoms with E-state index in [4.69, 9.17) is 21.1 Å². The second-order valence-electron chi connectivity index (χ2n) is 7.06. The highest BCUT2D eigenvalue weighted by Gasteiger charge is 2.29. The molecule has 0 spiro atoms. The Morgan fingerprint density at radius 1 is 1.07 bits per heavy atom. The molecule has 5 nitrogen and oxygen atoms in total. The van der Waals surface area contributed by atoms with Crippen LogP contribution in [0.2, 0.25) is 5.02 Å². The van der Waals surface area contributed by atoms with Gasteiger partial charge in [-0.25, -0.2) is 0 Å². The molecule has 0 aliphatic carbocycles. The number of carbonyl (C=O) groups excluding carboxylic acids is 1. The summed E-state index contributed by atoms with van der Waals surface area (Å²) in [6.45, 7) is 1.39. The topological polar surface area (TPSA) is 54.6 Å². The Kier molecular flexibility index (Phi) is 5.18. The number of likely N-dealkylation sites (tertiary alicyclic amines) is 1. The molecule has 146 valence electrons. The number of benzene rings is 2. The fourth-order valence-electron chi connectivity index (χ4n) is 3.96. The van der Waals surface area contributed by atoms with Gasteiger partial charge >= 0.3 is 0 Å². The lowest BCUT2D eigenvalue weighted by Gasteiger charge is -2.32. The van der Waals surface area contributed by atoms with Crippen LogP contribution in [-0.2, 0) is 0 Å². The first kappa shape index (κ1) is 18.7. The molecule has 6 heteroatoms. The Morgan fingerprint density at radius 3 is 2.39 bits per heavy atom. The molecule has 1 aliphatic rings. The number of nitrogens with zero attached hydrogens (tertiary/aromatic N) is 1. The number of carbonyl (C=O) groups is 1. The summed E-state index contributed by atoms with van der Waals surface area (Å²) >= 11 is 6.10. The number of H-pyrrole nitrogens is 1. The molecular weight excluding hydrogens is 376 g/mol. The third-order valence-corrected chi connectivity index (χ3v) is 5.70. The zero-order valence-corrected chi connectivity index (χ0v) is 16.8. The summed E-state index contributed by atoms with van der Waals surface area (Å²) in [6.07, 6.45) is 1.81. The molecule has 1 aliphatic heterocycles. The lowest BCUT2D eigenvalue weighted by atomic mass is 9.93. The van der Waals surface area contributed by atoms with Gasteiger partial charge in [0.25, 0.3) is 5.91 Å². The van der Waals surface area contributed by atoms with Crippen LogP contribution in [0.15, 0.2) is 42.5 Å². The Balaban J connectivity index is 1.50. The van der Waals surface area contributed by atoms with Crippen molar-refractivity contribution in [3.05, 3.63) is 58.7 Å². The van der Waals surface area contributed by atoms with Crippen LogP contribution < -0.4 is 9.47 Å². The molecule has 1 aromatic heterocycles. The number of aromatic amines is 1. The van der Waals surface area contributed by atoms with Crippen molar-refractivity contribution in [2.75, 3.05) is 27.3 Å². The molecule has 3 aromatic rings. The van der Waals surface area contributed by atoms with Crippen molar-refractivity contribution in [2.24, 2.45) is 0 Å². The van der Waals surface area contributed by atoms with Crippen molar-refractivity contribution >= 4 is 28.4 Å². The normalized spacial score (nSPS) is 15.0.